The molecule has 0 aliphatic carbocycles. The SMILES string of the molecule is CSCCC(=O)N1CCC[C@H](C(=O)c2ccc(Oc3ccccc3)cc2)C1. The smallest absolute Gasteiger partial charge is 0.223 e. The van der Waals surface area contributed by atoms with E-state index >= 15 is 0 Å². The maximum atomic E-state index is 12.9. The lowest BCUT2D eigenvalue weighted by Gasteiger charge is -2.32. The Balaban J connectivity index is 1.60. The average Bonchev–Trinajstić information content (AvgIpc) is 2.73. The Morgan fingerprint density at radius 1 is 1.07 bits per heavy atom. The summed E-state index contributed by atoms with van der Waals surface area (Å²) in [5, 5.41) is 0. The molecule has 0 saturated carbocycles. The van der Waals surface area contributed by atoms with Crippen LogP contribution >= 0.6 is 11.8 Å². The van der Waals surface area contributed by atoms with Crippen molar-refractivity contribution in [3.05, 3.63) is 60.2 Å². The second-order valence-corrected chi connectivity index (χ2v) is 7.71. The van der Waals surface area contributed by atoms with Gasteiger partial charge in [0.15, 0.2) is 5.78 Å². The van der Waals surface area contributed by atoms with Gasteiger partial charge in [0, 0.05) is 36.7 Å². The Hall–Kier alpha value is -2.27. The highest BCUT2D eigenvalue weighted by molar-refractivity contribution is 7.98. The first-order valence-corrected chi connectivity index (χ1v) is 10.7. The van der Waals surface area contributed by atoms with E-state index in [2.05, 4.69) is 0 Å². The van der Waals surface area contributed by atoms with Gasteiger partial charge in [0.05, 0.1) is 0 Å². The molecule has 1 aliphatic rings. The van der Waals surface area contributed by atoms with Crippen LogP contribution in [0, 0.1) is 5.92 Å². The van der Waals surface area contributed by atoms with Crippen LogP contribution in [0.15, 0.2) is 54.6 Å². The van der Waals surface area contributed by atoms with Crippen LogP contribution in [0.25, 0.3) is 0 Å². The fourth-order valence-corrected chi connectivity index (χ4v) is 3.69. The molecule has 5 heteroatoms. The van der Waals surface area contributed by atoms with E-state index in [-0.39, 0.29) is 17.6 Å². The molecule has 2 aromatic carbocycles. The third kappa shape index (κ3) is 5.36. The van der Waals surface area contributed by atoms with Crippen molar-refractivity contribution in [1.82, 2.24) is 4.90 Å². The molecule has 0 spiro atoms. The number of likely N-dealkylation sites (tertiary alicyclic amines) is 1. The lowest BCUT2D eigenvalue weighted by Crippen LogP contribution is -2.42. The Bertz CT molecular complexity index is 761. The normalized spacial score (nSPS) is 16.8. The third-order valence-electron chi connectivity index (χ3n) is 4.78. The Kier molecular flexibility index (Phi) is 6.93. The summed E-state index contributed by atoms with van der Waals surface area (Å²) in [5.74, 6) is 2.46. The van der Waals surface area contributed by atoms with Gasteiger partial charge in [-0.3, -0.25) is 9.59 Å². The van der Waals surface area contributed by atoms with Crippen molar-refractivity contribution < 1.29 is 14.3 Å². The van der Waals surface area contributed by atoms with Gasteiger partial charge >= 0.3 is 0 Å². The number of piperidine rings is 1. The number of rotatable bonds is 7. The van der Waals surface area contributed by atoms with Gasteiger partial charge in [-0.15, -0.1) is 0 Å². The summed E-state index contributed by atoms with van der Waals surface area (Å²) < 4.78 is 5.78. The molecule has 0 N–H and O–H groups in total. The molecule has 3 rings (SSSR count). The molecular weight excluding hydrogens is 358 g/mol. The summed E-state index contributed by atoms with van der Waals surface area (Å²) in [6.45, 7) is 1.30. The molecule has 2 aromatic rings. The van der Waals surface area contributed by atoms with E-state index in [0.717, 1.165) is 30.9 Å². The number of carbonyl (C=O) groups is 2. The first kappa shape index (κ1) is 19.5. The molecule has 0 bridgehead atoms. The Morgan fingerprint density at radius 2 is 1.78 bits per heavy atom. The van der Waals surface area contributed by atoms with Crippen LogP contribution in [0.4, 0.5) is 0 Å². The number of carbonyl (C=O) groups excluding carboxylic acids is 2. The number of benzene rings is 2. The van der Waals surface area contributed by atoms with Crippen molar-refractivity contribution in [2.45, 2.75) is 19.3 Å². The molecule has 1 saturated heterocycles. The molecular formula is C22H25NO3S. The zero-order chi connectivity index (χ0) is 19.1. The quantitative estimate of drug-likeness (QED) is 0.653. The van der Waals surface area contributed by atoms with Gasteiger partial charge in [-0.25, -0.2) is 0 Å². The van der Waals surface area contributed by atoms with Crippen molar-refractivity contribution in [3.8, 4) is 11.5 Å². The summed E-state index contributed by atoms with van der Waals surface area (Å²) in [6.07, 6.45) is 4.28. The minimum Gasteiger partial charge on any atom is -0.457 e. The van der Waals surface area contributed by atoms with Gasteiger partial charge in [-0.2, -0.15) is 11.8 Å². The average molecular weight is 384 g/mol. The van der Waals surface area contributed by atoms with E-state index < -0.39 is 0 Å². The molecule has 1 aliphatic heterocycles. The third-order valence-corrected chi connectivity index (χ3v) is 5.40. The minimum absolute atomic E-state index is 0.113. The number of hydrogen-bond donors (Lipinski definition) is 0. The number of ether oxygens (including phenoxy) is 1. The first-order chi connectivity index (χ1) is 13.2. The second kappa shape index (κ2) is 9.60. The first-order valence-electron chi connectivity index (χ1n) is 9.31. The maximum absolute atomic E-state index is 12.9. The van der Waals surface area contributed by atoms with Crippen LogP contribution in [0.5, 0.6) is 11.5 Å². The van der Waals surface area contributed by atoms with Gasteiger partial charge in [0.25, 0.3) is 0 Å². The Labute approximate surface area is 164 Å². The van der Waals surface area contributed by atoms with Crippen LogP contribution in [-0.2, 0) is 4.79 Å². The highest BCUT2D eigenvalue weighted by atomic mass is 32.2. The van der Waals surface area contributed by atoms with Crippen molar-refractivity contribution in [3.63, 3.8) is 0 Å². The van der Waals surface area contributed by atoms with E-state index in [9.17, 15) is 9.59 Å². The maximum Gasteiger partial charge on any atom is 0.223 e. The zero-order valence-corrected chi connectivity index (χ0v) is 16.4. The summed E-state index contributed by atoms with van der Waals surface area (Å²) >= 11 is 1.67. The highest BCUT2D eigenvalue weighted by Gasteiger charge is 2.28. The molecule has 0 unspecified atom stereocenters. The van der Waals surface area contributed by atoms with Crippen LogP contribution in [0.2, 0.25) is 0 Å². The largest absolute Gasteiger partial charge is 0.457 e. The molecule has 0 aromatic heterocycles. The van der Waals surface area contributed by atoms with Crippen LogP contribution in [0.3, 0.4) is 0 Å². The molecule has 1 amide bonds. The summed E-state index contributed by atoms with van der Waals surface area (Å²) in [5.41, 5.74) is 0.679. The molecule has 1 atom stereocenters. The van der Waals surface area contributed by atoms with Crippen LogP contribution in [-0.4, -0.2) is 41.7 Å². The lowest BCUT2D eigenvalue weighted by atomic mass is 9.90. The standard InChI is InChI=1S/C22H25NO3S/c1-27-15-13-21(24)23-14-5-6-18(16-23)22(25)17-9-11-20(12-10-17)26-19-7-3-2-4-8-19/h2-4,7-12,18H,5-6,13-16H2,1H3/t18-/m0/s1. The van der Waals surface area contributed by atoms with E-state index in [0.29, 0.717) is 24.3 Å². The molecule has 1 heterocycles. The van der Waals surface area contributed by atoms with E-state index in [4.69, 9.17) is 4.74 Å². The van der Waals surface area contributed by atoms with Crippen molar-refractivity contribution in [2.24, 2.45) is 5.92 Å². The van der Waals surface area contributed by atoms with Crippen molar-refractivity contribution in [1.29, 1.82) is 0 Å². The number of amides is 1. The van der Waals surface area contributed by atoms with Gasteiger partial charge in [0.1, 0.15) is 11.5 Å². The minimum atomic E-state index is -0.113. The predicted octanol–water partition coefficient (Wildman–Crippen LogP) is 4.65. The van der Waals surface area contributed by atoms with Gasteiger partial charge in [0.2, 0.25) is 5.91 Å². The number of Topliss-reactive ketones (excluding diaryl/α,β-unsaturated/α-hetero) is 1. The van der Waals surface area contributed by atoms with Crippen molar-refractivity contribution >= 4 is 23.5 Å². The fraction of sp³-hybridized carbons (Fsp3) is 0.364. The Morgan fingerprint density at radius 3 is 2.48 bits per heavy atom. The fourth-order valence-electron chi connectivity index (χ4n) is 3.31. The molecule has 0 radical (unpaired) electrons. The second-order valence-electron chi connectivity index (χ2n) is 6.73. The predicted molar refractivity (Wildman–Crippen MR) is 110 cm³/mol. The lowest BCUT2D eigenvalue weighted by molar-refractivity contribution is -0.132. The van der Waals surface area contributed by atoms with Gasteiger partial charge in [-0.05, 0) is 55.5 Å². The van der Waals surface area contributed by atoms with Gasteiger partial charge < -0.3 is 9.64 Å². The van der Waals surface area contributed by atoms with Crippen molar-refractivity contribution in [2.75, 3.05) is 25.1 Å². The monoisotopic (exact) mass is 383 g/mol. The number of hydrogen-bond acceptors (Lipinski definition) is 4. The van der Waals surface area contributed by atoms with Crippen LogP contribution < -0.4 is 4.74 Å². The molecule has 1 fully saturated rings. The van der Waals surface area contributed by atoms with E-state index in [1.165, 1.54) is 0 Å². The highest BCUT2D eigenvalue weighted by Crippen LogP contribution is 2.25. The summed E-state index contributed by atoms with van der Waals surface area (Å²) in [7, 11) is 0. The molecule has 142 valence electrons. The van der Waals surface area contributed by atoms with E-state index in [1.54, 1.807) is 11.8 Å². The van der Waals surface area contributed by atoms with Gasteiger partial charge in [-0.1, -0.05) is 18.2 Å². The molecule has 4 nitrogen and oxygen atoms in total. The van der Waals surface area contributed by atoms with E-state index in [1.807, 2.05) is 65.8 Å². The molecule has 27 heavy (non-hydrogen) atoms. The number of nitrogens with zero attached hydrogens (tertiary/aromatic N) is 1. The number of ketones is 1. The number of para-hydroxylation sites is 1. The number of thioether (sulfide) groups is 1. The summed E-state index contributed by atoms with van der Waals surface area (Å²) in [6, 6.07) is 16.8. The topological polar surface area (TPSA) is 46.6 Å². The zero-order valence-electron chi connectivity index (χ0n) is 15.6. The van der Waals surface area contributed by atoms with Crippen LogP contribution in [0.1, 0.15) is 29.6 Å². The summed E-state index contributed by atoms with van der Waals surface area (Å²) in [4.78, 5) is 27.0.